The van der Waals surface area contributed by atoms with E-state index in [9.17, 15) is 4.79 Å². The average molecular weight is 293 g/mol. The zero-order valence-electron chi connectivity index (χ0n) is 12.5. The quantitative estimate of drug-likeness (QED) is 0.939. The van der Waals surface area contributed by atoms with Crippen molar-refractivity contribution in [3.8, 4) is 0 Å². The van der Waals surface area contributed by atoms with Crippen LogP contribution in [0.15, 0.2) is 72.5 Å². The van der Waals surface area contributed by atoms with Gasteiger partial charge in [-0.2, -0.15) is 0 Å². The van der Waals surface area contributed by atoms with Crippen molar-refractivity contribution >= 4 is 5.91 Å². The summed E-state index contributed by atoms with van der Waals surface area (Å²) in [5, 5.41) is 3.14. The summed E-state index contributed by atoms with van der Waals surface area (Å²) in [5.74, 6) is 0.746. The summed E-state index contributed by atoms with van der Waals surface area (Å²) < 4.78 is 5.38. The monoisotopic (exact) mass is 293 g/mol. The third kappa shape index (κ3) is 3.03. The van der Waals surface area contributed by atoms with Crippen LogP contribution in [0.2, 0.25) is 0 Å². The Kier molecular flexibility index (Phi) is 4.24. The first-order valence-electron chi connectivity index (χ1n) is 7.42. The molecule has 0 saturated carbocycles. The largest absolute Gasteiger partial charge is 0.501 e. The van der Waals surface area contributed by atoms with Crippen molar-refractivity contribution in [3.05, 3.63) is 83.6 Å². The minimum atomic E-state index is -0.0938. The summed E-state index contributed by atoms with van der Waals surface area (Å²) >= 11 is 0. The second kappa shape index (κ2) is 6.48. The predicted molar refractivity (Wildman–Crippen MR) is 86.2 cm³/mol. The normalized spacial score (nSPS) is 21.5. The van der Waals surface area contributed by atoms with Crippen LogP contribution in [0, 0.1) is 0 Å². The number of benzene rings is 2. The van der Waals surface area contributed by atoms with Crippen molar-refractivity contribution < 1.29 is 9.53 Å². The molecule has 0 spiro atoms. The van der Waals surface area contributed by atoms with Crippen LogP contribution in [0.1, 0.15) is 29.5 Å². The maximum absolute atomic E-state index is 12.2. The summed E-state index contributed by atoms with van der Waals surface area (Å²) in [7, 11) is 1.62. The number of carbonyl (C=O) groups excluding carboxylic acids is 1. The first kappa shape index (κ1) is 14.4. The molecule has 1 amide bonds. The minimum Gasteiger partial charge on any atom is -0.501 e. The highest BCUT2D eigenvalue weighted by Crippen LogP contribution is 2.35. The molecular formula is C19H19NO2. The summed E-state index contributed by atoms with van der Waals surface area (Å²) in [6.07, 6.45) is 2.34. The van der Waals surface area contributed by atoms with E-state index in [1.165, 1.54) is 0 Å². The minimum absolute atomic E-state index is 0.0135. The van der Waals surface area contributed by atoms with Crippen LogP contribution in [0.3, 0.4) is 0 Å². The summed E-state index contributed by atoms with van der Waals surface area (Å²) in [5.41, 5.74) is 2.26. The molecule has 0 bridgehead atoms. The summed E-state index contributed by atoms with van der Waals surface area (Å²) in [4.78, 5) is 12.2. The molecule has 2 atom stereocenters. The SMILES string of the molecule is COC1=C[C@H](c2ccccc2)[C@@H](c2ccccc2)NC(=O)C1. The molecule has 0 aromatic heterocycles. The van der Waals surface area contributed by atoms with Crippen molar-refractivity contribution in [1.29, 1.82) is 0 Å². The number of rotatable bonds is 3. The zero-order chi connectivity index (χ0) is 15.4. The van der Waals surface area contributed by atoms with E-state index in [-0.39, 0.29) is 24.3 Å². The van der Waals surface area contributed by atoms with Crippen LogP contribution in [-0.4, -0.2) is 13.0 Å². The number of methoxy groups -OCH3 is 1. The van der Waals surface area contributed by atoms with Gasteiger partial charge in [0.2, 0.25) is 5.91 Å². The van der Waals surface area contributed by atoms with Gasteiger partial charge >= 0.3 is 0 Å². The Labute approximate surface area is 130 Å². The smallest absolute Gasteiger partial charge is 0.228 e. The number of hydrogen-bond acceptors (Lipinski definition) is 2. The molecule has 1 aliphatic rings. The van der Waals surface area contributed by atoms with Gasteiger partial charge in [-0.1, -0.05) is 60.7 Å². The Bertz CT molecular complexity index is 664. The standard InChI is InChI=1S/C19H19NO2/c1-22-16-12-17(14-8-4-2-5-9-14)19(20-18(21)13-16)15-10-6-3-7-11-15/h2-12,17,19H,13H2,1H3,(H,20,21)/t17-,19-/m1/s1. The van der Waals surface area contributed by atoms with Crippen molar-refractivity contribution in [2.75, 3.05) is 7.11 Å². The molecule has 3 heteroatoms. The van der Waals surface area contributed by atoms with Gasteiger partial charge in [-0.05, 0) is 17.2 Å². The van der Waals surface area contributed by atoms with Gasteiger partial charge in [0.1, 0.15) is 5.76 Å². The molecule has 3 rings (SSSR count). The predicted octanol–water partition coefficient (Wildman–Crippen LogP) is 3.56. The van der Waals surface area contributed by atoms with Gasteiger partial charge in [-0.25, -0.2) is 0 Å². The zero-order valence-corrected chi connectivity index (χ0v) is 12.5. The molecule has 0 radical (unpaired) electrons. The van der Waals surface area contributed by atoms with Gasteiger partial charge in [0.25, 0.3) is 0 Å². The van der Waals surface area contributed by atoms with Gasteiger partial charge in [0.05, 0.1) is 19.6 Å². The van der Waals surface area contributed by atoms with Crippen LogP contribution in [0.25, 0.3) is 0 Å². The van der Waals surface area contributed by atoms with Crippen LogP contribution in [0.5, 0.6) is 0 Å². The van der Waals surface area contributed by atoms with Crippen LogP contribution in [0.4, 0.5) is 0 Å². The molecule has 3 nitrogen and oxygen atoms in total. The van der Waals surface area contributed by atoms with Crippen molar-refractivity contribution in [1.82, 2.24) is 5.32 Å². The number of ether oxygens (including phenoxy) is 1. The van der Waals surface area contributed by atoms with E-state index in [1.807, 2.05) is 48.5 Å². The van der Waals surface area contributed by atoms with Gasteiger partial charge in [0.15, 0.2) is 0 Å². The molecule has 2 aromatic rings. The fourth-order valence-electron chi connectivity index (χ4n) is 2.88. The van der Waals surface area contributed by atoms with E-state index in [2.05, 4.69) is 23.5 Å². The van der Waals surface area contributed by atoms with Gasteiger partial charge < -0.3 is 10.1 Å². The molecule has 0 aliphatic carbocycles. The van der Waals surface area contributed by atoms with Gasteiger partial charge in [-0.3, -0.25) is 4.79 Å². The highest BCUT2D eigenvalue weighted by atomic mass is 16.5. The topological polar surface area (TPSA) is 38.3 Å². The molecule has 22 heavy (non-hydrogen) atoms. The number of hydrogen-bond donors (Lipinski definition) is 1. The van der Waals surface area contributed by atoms with E-state index < -0.39 is 0 Å². The average Bonchev–Trinajstić information content (AvgIpc) is 2.75. The second-order valence-corrected chi connectivity index (χ2v) is 5.41. The fourth-order valence-corrected chi connectivity index (χ4v) is 2.88. The lowest BCUT2D eigenvalue weighted by Gasteiger charge is -2.25. The number of nitrogens with one attached hydrogen (secondary N) is 1. The van der Waals surface area contributed by atoms with Gasteiger partial charge in [0, 0.05) is 5.92 Å². The lowest BCUT2D eigenvalue weighted by molar-refractivity contribution is -0.121. The van der Waals surface area contributed by atoms with Crippen LogP contribution >= 0.6 is 0 Å². The molecule has 0 saturated heterocycles. The van der Waals surface area contributed by atoms with Crippen LogP contribution in [-0.2, 0) is 9.53 Å². The van der Waals surface area contributed by atoms with Crippen molar-refractivity contribution in [3.63, 3.8) is 0 Å². The van der Waals surface area contributed by atoms with Crippen LogP contribution < -0.4 is 5.32 Å². The summed E-state index contributed by atoms with van der Waals surface area (Å²) in [6.45, 7) is 0. The maximum atomic E-state index is 12.2. The lowest BCUT2D eigenvalue weighted by Crippen LogP contribution is -2.30. The molecule has 112 valence electrons. The Morgan fingerprint density at radius 2 is 1.55 bits per heavy atom. The maximum Gasteiger partial charge on any atom is 0.228 e. The first-order valence-corrected chi connectivity index (χ1v) is 7.42. The van der Waals surface area contributed by atoms with E-state index in [4.69, 9.17) is 4.74 Å². The highest BCUT2D eigenvalue weighted by Gasteiger charge is 2.29. The highest BCUT2D eigenvalue weighted by molar-refractivity contribution is 5.79. The molecule has 1 N–H and O–H groups in total. The Morgan fingerprint density at radius 3 is 2.14 bits per heavy atom. The Balaban J connectivity index is 2.07. The number of carbonyl (C=O) groups is 1. The molecule has 2 aromatic carbocycles. The van der Waals surface area contributed by atoms with E-state index in [1.54, 1.807) is 7.11 Å². The van der Waals surface area contributed by atoms with Gasteiger partial charge in [-0.15, -0.1) is 0 Å². The second-order valence-electron chi connectivity index (χ2n) is 5.41. The van der Waals surface area contributed by atoms with Crippen molar-refractivity contribution in [2.45, 2.75) is 18.4 Å². The van der Waals surface area contributed by atoms with E-state index >= 15 is 0 Å². The molecule has 0 fully saturated rings. The molecule has 1 aliphatic heterocycles. The Morgan fingerprint density at radius 1 is 0.955 bits per heavy atom. The summed E-state index contributed by atoms with van der Waals surface area (Å²) in [6, 6.07) is 20.2. The number of amides is 1. The third-order valence-corrected chi connectivity index (χ3v) is 3.98. The molecule has 1 heterocycles. The lowest BCUT2D eigenvalue weighted by atomic mass is 9.87. The van der Waals surface area contributed by atoms with E-state index in [0.717, 1.165) is 11.1 Å². The first-order chi connectivity index (χ1) is 10.8. The third-order valence-electron chi connectivity index (χ3n) is 3.98. The fraction of sp³-hybridized carbons (Fsp3) is 0.211. The Hall–Kier alpha value is -2.55. The van der Waals surface area contributed by atoms with Crippen molar-refractivity contribution in [2.24, 2.45) is 0 Å². The molecular weight excluding hydrogens is 274 g/mol. The molecule has 0 unspecified atom stereocenters. The van der Waals surface area contributed by atoms with E-state index in [0.29, 0.717) is 5.76 Å².